The zero-order chi connectivity index (χ0) is 19.8. The number of hydrogen-bond donors (Lipinski definition) is 2. The Bertz CT molecular complexity index is 1210. The van der Waals surface area contributed by atoms with Gasteiger partial charge in [0.2, 0.25) is 10.0 Å². The van der Waals surface area contributed by atoms with Crippen molar-refractivity contribution in [2.75, 3.05) is 5.73 Å². The number of fused-ring (bicyclic) bond motifs is 1. The zero-order valence-electron chi connectivity index (χ0n) is 13.5. The van der Waals surface area contributed by atoms with Crippen molar-refractivity contribution >= 4 is 55.1 Å². The average Bonchev–Trinajstić information content (AvgIpc) is 2.60. The molecule has 27 heavy (non-hydrogen) atoms. The first kappa shape index (κ1) is 18.7. The predicted octanol–water partition coefficient (Wildman–Crippen LogP) is 4.05. The number of halogens is 1. The van der Waals surface area contributed by atoms with Crippen LogP contribution >= 0.6 is 11.6 Å². The fourth-order valence-corrected chi connectivity index (χ4v) is 3.45. The van der Waals surface area contributed by atoms with Crippen molar-refractivity contribution in [3.63, 3.8) is 0 Å². The van der Waals surface area contributed by atoms with Crippen molar-refractivity contribution in [2.45, 2.75) is 4.90 Å². The number of nitrogen functional groups attached to an aromatic ring is 1. The van der Waals surface area contributed by atoms with Crippen molar-refractivity contribution in [1.29, 1.82) is 0 Å². The topological polar surface area (TPSA) is 154 Å². The number of sulfonamides is 1. The highest BCUT2D eigenvalue weighted by Gasteiger charge is 2.15. The van der Waals surface area contributed by atoms with Gasteiger partial charge in [0, 0.05) is 22.9 Å². The van der Waals surface area contributed by atoms with Gasteiger partial charge in [-0.15, -0.1) is 10.2 Å². The van der Waals surface area contributed by atoms with Crippen LogP contribution in [0.25, 0.3) is 10.8 Å². The third kappa shape index (κ3) is 3.72. The van der Waals surface area contributed by atoms with Gasteiger partial charge in [-0.1, -0.05) is 29.8 Å². The van der Waals surface area contributed by atoms with E-state index in [0.29, 0.717) is 10.8 Å². The quantitative estimate of drug-likeness (QED) is 0.290. The molecule has 3 rings (SSSR count). The van der Waals surface area contributed by atoms with E-state index in [4.69, 9.17) is 22.5 Å². The van der Waals surface area contributed by atoms with E-state index in [2.05, 4.69) is 10.2 Å². The monoisotopic (exact) mass is 405 g/mol. The van der Waals surface area contributed by atoms with Gasteiger partial charge in [-0.3, -0.25) is 10.1 Å². The smallest absolute Gasteiger partial charge is 0.271 e. The highest BCUT2D eigenvalue weighted by Crippen LogP contribution is 2.37. The maximum atomic E-state index is 11.8. The molecular formula is C16H12ClN5O4S. The Hall–Kier alpha value is -3.08. The molecule has 0 spiro atoms. The van der Waals surface area contributed by atoms with Gasteiger partial charge in [-0.2, -0.15) is 0 Å². The van der Waals surface area contributed by atoms with E-state index < -0.39 is 14.9 Å². The number of primary sulfonamides is 1. The molecule has 0 amide bonds. The molecule has 9 nitrogen and oxygen atoms in total. The largest absolute Gasteiger partial charge is 0.397 e. The summed E-state index contributed by atoms with van der Waals surface area (Å²) in [7, 11) is -3.94. The van der Waals surface area contributed by atoms with Gasteiger partial charge >= 0.3 is 0 Å². The lowest BCUT2D eigenvalue weighted by atomic mass is 10.1. The minimum Gasteiger partial charge on any atom is -0.397 e. The molecule has 138 valence electrons. The molecule has 0 aliphatic carbocycles. The van der Waals surface area contributed by atoms with Gasteiger partial charge in [0.25, 0.3) is 5.69 Å². The third-order valence-electron chi connectivity index (χ3n) is 3.73. The first-order valence-corrected chi connectivity index (χ1v) is 9.30. The molecule has 0 atom stereocenters. The summed E-state index contributed by atoms with van der Waals surface area (Å²) in [6.45, 7) is 0. The molecule has 0 heterocycles. The second-order valence-corrected chi connectivity index (χ2v) is 7.43. The highest BCUT2D eigenvalue weighted by atomic mass is 35.5. The van der Waals surface area contributed by atoms with Crippen LogP contribution < -0.4 is 10.9 Å². The number of nitrogens with zero attached hydrogens (tertiary/aromatic N) is 3. The van der Waals surface area contributed by atoms with E-state index >= 15 is 0 Å². The number of anilines is 1. The molecule has 11 heteroatoms. The number of nitro groups is 1. The first-order valence-electron chi connectivity index (χ1n) is 7.38. The summed E-state index contributed by atoms with van der Waals surface area (Å²) >= 11 is 6.00. The number of benzene rings is 3. The van der Waals surface area contributed by atoms with Crippen LogP contribution in [0.5, 0.6) is 0 Å². The summed E-state index contributed by atoms with van der Waals surface area (Å²) in [6.07, 6.45) is 0. The number of nitrogens with two attached hydrogens (primary N) is 2. The second kappa shape index (κ2) is 6.91. The molecule has 0 aliphatic heterocycles. The molecule has 0 bridgehead atoms. The summed E-state index contributed by atoms with van der Waals surface area (Å²) in [5, 5.41) is 24.9. The van der Waals surface area contributed by atoms with E-state index in [9.17, 15) is 18.5 Å². The number of nitro benzene ring substituents is 1. The van der Waals surface area contributed by atoms with E-state index in [1.807, 2.05) is 0 Å². The molecule has 0 saturated carbocycles. The summed E-state index contributed by atoms with van der Waals surface area (Å²) < 4.78 is 23.5. The Morgan fingerprint density at radius 3 is 2.41 bits per heavy atom. The van der Waals surface area contributed by atoms with Crippen LogP contribution in [0.15, 0.2) is 63.7 Å². The lowest BCUT2D eigenvalue weighted by molar-refractivity contribution is -0.384. The molecule has 3 aromatic carbocycles. The van der Waals surface area contributed by atoms with Crippen LogP contribution in [0, 0.1) is 10.1 Å². The van der Waals surface area contributed by atoms with Gasteiger partial charge in [0.1, 0.15) is 11.4 Å². The van der Waals surface area contributed by atoms with Crippen LogP contribution in [0.3, 0.4) is 0 Å². The van der Waals surface area contributed by atoms with Crippen LogP contribution in [0.4, 0.5) is 22.7 Å². The Morgan fingerprint density at radius 2 is 1.78 bits per heavy atom. The normalized spacial score (nSPS) is 11.9. The van der Waals surface area contributed by atoms with Crippen LogP contribution in [0.1, 0.15) is 0 Å². The minimum atomic E-state index is -3.94. The molecule has 4 N–H and O–H groups in total. The van der Waals surface area contributed by atoms with E-state index in [-0.39, 0.29) is 32.7 Å². The molecular weight excluding hydrogens is 394 g/mol. The van der Waals surface area contributed by atoms with Gasteiger partial charge in [0.15, 0.2) is 0 Å². The van der Waals surface area contributed by atoms with Crippen molar-refractivity contribution in [3.8, 4) is 0 Å². The fraction of sp³-hybridized carbons (Fsp3) is 0. The Morgan fingerprint density at radius 1 is 1.04 bits per heavy atom. The Kier molecular flexibility index (Phi) is 4.79. The van der Waals surface area contributed by atoms with Gasteiger partial charge in [-0.25, -0.2) is 13.6 Å². The first-order chi connectivity index (χ1) is 12.7. The number of hydrogen-bond acceptors (Lipinski definition) is 7. The summed E-state index contributed by atoms with van der Waals surface area (Å²) in [4.78, 5) is 10.1. The lowest BCUT2D eigenvalue weighted by Crippen LogP contribution is -2.12. The van der Waals surface area contributed by atoms with E-state index in [1.165, 1.54) is 36.4 Å². The minimum absolute atomic E-state index is 0.0389. The van der Waals surface area contributed by atoms with Gasteiger partial charge in [0.05, 0.1) is 20.5 Å². The van der Waals surface area contributed by atoms with Crippen molar-refractivity contribution in [1.82, 2.24) is 0 Å². The summed E-state index contributed by atoms with van der Waals surface area (Å²) in [6, 6.07) is 11.3. The van der Waals surface area contributed by atoms with Crippen molar-refractivity contribution < 1.29 is 13.3 Å². The van der Waals surface area contributed by atoms with Gasteiger partial charge in [-0.05, 0) is 18.2 Å². The van der Waals surface area contributed by atoms with Crippen LogP contribution in [0.2, 0.25) is 5.02 Å². The molecule has 0 unspecified atom stereocenters. The highest BCUT2D eigenvalue weighted by molar-refractivity contribution is 7.89. The van der Waals surface area contributed by atoms with Crippen molar-refractivity contribution in [2.24, 2.45) is 15.4 Å². The number of non-ortho nitro benzene ring substituents is 1. The van der Waals surface area contributed by atoms with E-state index in [1.54, 1.807) is 6.07 Å². The Labute approximate surface area is 158 Å². The predicted molar refractivity (Wildman–Crippen MR) is 102 cm³/mol. The molecule has 0 fully saturated rings. The maximum absolute atomic E-state index is 11.8. The molecule has 0 aliphatic rings. The fourth-order valence-electron chi connectivity index (χ4n) is 2.48. The summed E-state index contributed by atoms with van der Waals surface area (Å²) in [5.41, 5.74) is 6.46. The standard InChI is InChI=1S/C16H12ClN5O4S/c17-12-8-9(22(23)24)4-7-14(12)20-21-16-11-2-1-3-15(27(19,25)26)10(11)5-6-13(16)18/h1-8H,18H2,(H2,19,25,26)/b21-20+. The second-order valence-electron chi connectivity index (χ2n) is 5.49. The third-order valence-corrected chi connectivity index (χ3v) is 5.00. The average molecular weight is 406 g/mol. The lowest BCUT2D eigenvalue weighted by Gasteiger charge is -2.08. The van der Waals surface area contributed by atoms with Crippen LogP contribution in [-0.2, 0) is 10.0 Å². The van der Waals surface area contributed by atoms with Crippen LogP contribution in [-0.4, -0.2) is 13.3 Å². The zero-order valence-corrected chi connectivity index (χ0v) is 15.1. The number of rotatable bonds is 4. The number of azo groups is 1. The summed E-state index contributed by atoms with van der Waals surface area (Å²) in [5.74, 6) is 0. The molecule has 0 radical (unpaired) electrons. The van der Waals surface area contributed by atoms with Gasteiger partial charge < -0.3 is 5.73 Å². The molecule has 0 aromatic heterocycles. The molecule has 0 saturated heterocycles. The van der Waals surface area contributed by atoms with Crippen molar-refractivity contribution in [3.05, 3.63) is 63.7 Å². The Balaban J connectivity index is 2.14. The van der Waals surface area contributed by atoms with E-state index in [0.717, 1.165) is 6.07 Å². The molecule has 3 aromatic rings. The SMILES string of the molecule is Nc1ccc2c(S(N)(=O)=O)cccc2c1/N=N/c1ccc([N+](=O)[O-])cc1Cl. The maximum Gasteiger partial charge on any atom is 0.271 e.